The zero-order chi connectivity index (χ0) is 15.0. The third kappa shape index (κ3) is 2.82. The lowest BCUT2D eigenvalue weighted by molar-refractivity contribution is -0.122. The summed E-state index contributed by atoms with van der Waals surface area (Å²) in [5.74, 6) is 0.0334. The summed E-state index contributed by atoms with van der Waals surface area (Å²) in [7, 11) is -3.21. The minimum atomic E-state index is -3.21. The molecule has 5 nitrogen and oxygen atoms in total. The minimum absolute atomic E-state index is 0.0643. The predicted molar refractivity (Wildman–Crippen MR) is 79.2 cm³/mol. The van der Waals surface area contributed by atoms with E-state index in [0.717, 1.165) is 30.5 Å². The Bertz CT molecular complexity index is 662. The molecule has 0 spiro atoms. The lowest BCUT2D eigenvalue weighted by atomic mass is 9.99. The summed E-state index contributed by atoms with van der Waals surface area (Å²) in [5.41, 5.74) is 1.79. The van der Waals surface area contributed by atoms with Crippen molar-refractivity contribution in [2.45, 2.75) is 24.2 Å². The van der Waals surface area contributed by atoms with Crippen LogP contribution < -0.4 is 4.90 Å². The number of carbonyl (C=O) groups excluding carboxylic acids is 1. The number of carbonyl (C=O) groups is 1. The number of rotatable bonds is 2. The molecule has 0 saturated carbocycles. The molecule has 0 bridgehead atoms. The molecular formula is C15H19NO4S. The van der Waals surface area contributed by atoms with E-state index in [-0.39, 0.29) is 11.8 Å². The summed E-state index contributed by atoms with van der Waals surface area (Å²) < 4.78 is 28.6. The number of ether oxygens (including phenoxy) is 1. The number of aryl methyl sites for hydroxylation is 1. The third-order valence-electron chi connectivity index (χ3n) is 4.14. The molecule has 21 heavy (non-hydrogen) atoms. The molecule has 2 heterocycles. The standard InChI is InChI=1S/C15H19NO4S/c1-21(18,19)13-4-5-14-11(9-13)3-2-7-16(14)15(17)12-6-8-20-10-12/h4-5,9,12H,2-3,6-8,10H2,1H3. The molecule has 1 amide bonds. The quantitative estimate of drug-likeness (QED) is 0.828. The van der Waals surface area contributed by atoms with Crippen LogP contribution in [0.2, 0.25) is 0 Å². The van der Waals surface area contributed by atoms with Gasteiger partial charge >= 0.3 is 0 Å². The van der Waals surface area contributed by atoms with Crippen LogP contribution >= 0.6 is 0 Å². The molecule has 1 saturated heterocycles. The first-order chi connectivity index (χ1) is 9.97. The Hall–Kier alpha value is -1.40. The fourth-order valence-electron chi connectivity index (χ4n) is 2.98. The van der Waals surface area contributed by atoms with Crippen LogP contribution in [0.4, 0.5) is 5.69 Å². The number of sulfone groups is 1. The van der Waals surface area contributed by atoms with E-state index in [1.54, 1.807) is 23.1 Å². The van der Waals surface area contributed by atoms with Gasteiger partial charge in [-0.2, -0.15) is 0 Å². The Morgan fingerprint density at radius 3 is 2.86 bits per heavy atom. The molecule has 1 fully saturated rings. The maximum Gasteiger partial charge on any atom is 0.232 e. The highest BCUT2D eigenvalue weighted by Gasteiger charge is 2.31. The Morgan fingerprint density at radius 1 is 1.38 bits per heavy atom. The van der Waals surface area contributed by atoms with Crippen molar-refractivity contribution < 1.29 is 17.9 Å². The van der Waals surface area contributed by atoms with Gasteiger partial charge in [-0.05, 0) is 43.0 Å². The van der Waals surface area contributed by atoms with Crippen molar-refractivity contribution in [3.8, 4) is 0 Å². The largest absolute Gasteiger partial charge is 0.381 e. The monoisotopic (exact) mass is 309 g/mol. The number of amides is 1. The molecule has 0 N–H and O–H groups in total. The summed E-state index contributed by atoms with van der Waals surface area (Å²) in [6.07, 6.45) is 3.64. The van der Waals surface area contributed by atoms with Crippen LogP contribution in [-0.4, -0.2) is 40.3 Å². The molecule has 3 rings (SSSR count). The van der Waals surface area contributed by atoms with E-state index in [1.165, 1.54) is 6.26 Å². The first-order valence-electron chi connectivity index (χ1n) is 7.19. The highest BCUT2D eigenvalue weighted by Crippen LogP contribution is 2.31. The summed E-state index contributed by atoms with van der Waals surface area (Å²) >= 11 is 0. The van der Waals surface area contributed by atoms with E-state index in [1.807, 2.05) is 0 Å². The normalized spacial score (nSPS) is 22.1. The van der Waals surface area contributed by atoms with Crippen molar-refractivity contribution in [2.24, 2.45) is 5.92 Å². The van der Waals surface area contributed by atoms with Gasteiger partial charge in [0.1, 0.15) is 0 Å². The van der Waals surface area contributed by atoms with E-state index in [0.29, 0.717) is 24.7 Å². The molecule has 1 atom stereocenters. The fraction of sp³-hybridized carbons (Fsp3) is 0.533. The first kappa shape index (κ1) is 14.5. The molecule has 114 valence electrons. The average Bonchev–Trinajstić information content (AvgIpc) is 2.98. The van der Waals surface area contributed by atoms with Gasteiger partial charge in [0.15, 0.2) is 9.84 Å². The van der Waals surface area contributed by atoms with Crippen molar-refractivity contribution in [1.29, 1.82) is 0 Å². The van der Waals surface area contributed by atoms with E-state index in [9.17, 15) is 13.2 Å². The number of nitrogens with zero attached hydrogens (tertiary/aromatic N) is 1. The van der Waals surface area contributed by atoms with Crippen LogP contribution in [0.3, 0.4) is 0 Å². The van der Waals surface area contributed by atoms with Crippen LogP contribution in [-0.2, 0) is 25.8 Å². The van der Waals surface area contributed by atoms with Gasteiger partial charge in [-0.15, -0.1) is 0 Å². The third-order valence-corrected chi connectivity index (χ3v) is 5.25. The zero-order valence-corrected chi connectivity index (χ0v) is 12.9. The van der Waals surface area contributed by atoms with Gasteiger partial charge < -0.3 is 9.64 Å². The van der Waals surface area contributed by atoms with Crippen LogP contribution in [0.25, 0.3) is 0 Å². The van der Waals surface area contributed by atoms with Gasteiger partial charge in [0.25, 0.3) is 0 Å². The van der Waals surface area contributed by atoms with E-state index < -0.39 is 9.84 Å². The molecule has 0 aromatic heterocycles. The van der Waals surface area contributed by atoms with Crippen LogP contribution in [0.15, 0.2) is 23.1 Å². The maximum atomic E-state index is 12.6. The molecule has 2 aliphatic rings. The van der Waals surface area contributed by atoms with Crippen LogP contribution in [0.5, 0.6) is 0 Å². The Kier molecular flexibility index (Phi) is 3.75. The summed E-state index contributed by atoms with van der Waals surface area (Å²) in [6, 6.07) is 5.05. The van der Waals surface area contributed by atoms with Crippen molar-refractivity contribution in [3.05, 3.63) is 23.8 Å². The maximum absolute atomic E-state index is 12.6. The predicted octanol–water partition coefficient (Wildman–Crippen LogP) is 1.41. The van der Waals surface area contributed by atoms with Gasteiger partial charge in [0, 0.05) is 25.1 Å². The minimum Gasteiger partial charge on any atom is -0.381 e. The average molecular weight is 309 g/mol. The van der Waals surface area contributed by atoms with Gasteiger partial charge in [0.05, 0.1) is 17.4 Å². The van der Waals surface area contributed by atoms with E-state index in [4.69, 9.17) is 4.74 Å². The molecule has 1 unspecified atom stereocenters. The molecule has 0 aliphatic carbocycles. The number of hydrogen-bond acceptors (Lipinski definition) is 4. The van der Waals surface area contributed by atoms with Crippen molar-refractivity contribution in [2.75, 3.05) is 30.9 Å². The number of anilines is 1. The molecule has 2 aliphatic heterocycles. The van der Waals surface area contributed by atoms with E-state index in [2.05, 4.69) is 0 Å². The summed E-state index contributed by atoms with van der Waals surface area (Å²) in [4.78, 5) is 14.7. The Balaban J connectivity index is 1.93. The van der Waals surface area contributed by atoms with Gasteiger partial charge in [-0.25, -0.2) is 8.42 Å². The highest BCUT2D eigenvalue weighted by molar-refractivity contribution is 7.90. The Labute approximate surface area is 124 Å². The lowest BCUT2D eigenvalue weighted by Crippen LogP contribution is -2.40. The molecule has 0 radical (unpaired) electrons. The molecule has 6 heteroatoms. The SMILES string of the molecule is CS(=O)(=O)c1ccc2c(c1)CCCN2C(=O)C1CCOC1. The van der Waals surface area contributed by atoms with Crippen LogP contribution in [0.1, 0.15) is 18.4 Å². The van der Waals surface area contributed by atoms with Gasteiger partial charge in [0.2, 0.25) is 5.91 Å². The van der Waals surface area contributed by atoms with Crippen molar-refractivity contribution in [1.82, 2.24) is 0 Å². The molecule has 1 aromatic carbocycles. The molecular weight excluding hydrogens is 290 g/mol. The first-order valence-corrected chi connectivity index (χ1v) is 9.08. The summed E-state index contributed by atoms with van der Waals surface area (Å²) in [6.45, 7) is 1.83. The zero-order valence-electron chi connectivity index (χ0n) is 12.0. The van der Waals surface area contributed by atoms with Crippen molar-refractivity contribution >= 4 is 21.4 Å². The topological polar surface area (TPSA) is 63.7 Å². The smallest absolute Gasteiger partial charge is 0.232 e. The number of fused-ring (bicyclic) bond motifs is 1. The van der Waals surface area contributed by atoms with Crippen molar-refractivity contribution in [3.63, 3.8) is 0 Å². The summed E-state index contributed by atoms with van der Waals surface area (Å²) in [5, 5.41) is 0. The van der Waals surface area contributed by atoms with E-state index >= 15 is 0 Å². The van der Waals surface area contributed by atoms with Gasteiger partial charge in [-0.1, -0.05) is 0 Å². The highest BCUT2D eigenvalue weighted by atomic mass is 32.2. The second kappa shape index (κ2) is 5.42. The number of benzene rings is 1. The van der Waals surface area contributed by atoms with Crippen LogP contribution in [0, 0.1) is 5.92 Å². The second-order valence-corrected chi connectivity index (χ2v) is 7.73. The molecule has 1 aromatic rings. The fourth-order valence-corrected chi connectivity index (χ4v) is 3.65. The lowest BCUT2D eigenvalue weighted by Gasteiger charge is -2.31. The Morgan fingerprint density at radius 2 is 2.19 bits per heavy atom. The second-order valence-electron chi connectivity index (χ2n) is 5.72. The number of hydrogen-bond donors (Lipinski definition) is 0. The van der Waals surface area contributed by atoms with Gasteiger partial charge in [-0.3, -0.25) is 4.79 Å².